The fraction of sp³-hybridized carbons (Fsp3) is 0.414. The van der Waals surface area contributed by atoms with Gasteiger partial charge < -0.3 is 24.2 Å². The van der Waals surface area contributed by atoms with Crippen LogP contribution in [0.3, 0.4) is 0 Å². The van der Waals surface area contributed by atoms with E-state index in [0.717, 1.165) is 71.9 Å². The number of anilines is 2. The van der Waals surface area contributed by atoms with E-state index in [-0.39, 0.29) is 5.91 Å². The summed E-state index contributed by atoms with van der Waals surface area (Å²) < 4.78 is 10.6. The Bertz CT molecular complexity index is 1210. The first-order chi connectivity index (χ1) is 18.6. The molecule has 2 aromatic carbocycles. The van der Waals surface area contributed by atoms with E-state index in [1.807, 2.05) is 41.3 Å². The summed E-state index contributed by atoms with van der Waals surface area (Å²) in [6.07, 6.45) is 0.868. The highest BCUT2D eigenvalue weighted by atomic mass is 32.2. The van der Waals surface area contributed by atoms with Crippen LogP contribution in [0.5, 0.6) is 5.75 Å². The molecule has 5 rings (SSSR count). The second kappa shape index (κ2) is 12.5. The predicted octanol–water partition coefficient (Wildman–Crippen LogP) is 4.14. The van der Waals surface area contributed by atoms with Crippen molar-refractivity contribution in [1.82, 2.24) is 14.9 Å². The van der Waals surface area contributed by atoms with Crippen molar-refractivity contribution >= 4 is 29.2 Å². The molecule has 0 spiro atoms. The lowest BCUT2D eigenvalue weighted by Gasteiger charge is -2.37. The lowest BCUT2D eigenvalue weighted by atomic mass is 10.1. The van der Waals surface area contributed by atoms with Crippen LogP contribution in [0.25, 0.3) is 0 Å². The van der Waals surface area contributed by atoms with E-state index in [9.17, 15) is 4.79 Å². The maximum absolute atomic E-state index is 12.7. The number of carbonyl (C=O) groups is 1. The number of carbonyl (C=O) groups excluding carboxylic acids is 1. The van der Waals surface area contributed by atoms with Crippen molar-refractivity contribution in [3.63, 3.8) is 0 Å². The molecule has 0 saturated carbocycles. The first-order valence-electron chi connectivity index (χ1n) is 13.2. The Morgan fingerprint density at radius 3 is 2.26 bits per heavy atom. The molecule has 9 heteroatoms. The van der Waals surface area contributed by atoms with Crippen molar-refractivity contribution in [2.24, 2.45) is 0 Å². The second-order valence-electron chi connectivity index (χ2n) is 9.42. The van der Waals surface area contributed by atoms with Crippen LogP contribution >= 0.6 is 11.8 Å². The molecule has 1 aromatic heterocycles. The molecule has 2 fully saturated rings. The van der Waals surface area contributed by atoms with Gasteiger partial charge >= 0.3 is 0 Å². The third-order valence-electron chi connectivity index (χ3n) is 7.02. The Morgan fingerprint density at radius 1 is 0.921 bits per heavy atom. The van der Waals surface area contributed by atoms with Gasteiger partial charge in [-0.1, -0.05) is 30.8 Å². The lowest BCUT2D eigenvalue weighted by Crippen LogP contribution is -2.46. The second-order valence-corrected chi connectivity index (χ2v) is 10.4. The molecule has 0 N–H and O–H groups in total. The molecule has 2 aliphatic heterocycles. The lowest BCUT2D eigenvalue weighted by molar-refractivity contribution is 0.0303. The van der Waals surface area contributed by atoms with Crippen LogP contribution < -0.4 is 14.5 Å². The monoisotopic (exact) mass is 533 g/mol. The third-order valence-corrected chi connectivity index (χ3v) is 7.93. The van der Waals surface area contributed by atoms with Crippen LogP contribution in [0.1, 0.15) is 28.5 Å². The van der Waals surface area contributed by atoms with Crippen LogP contribution in [0.4, 0.5) is 11.5 Å². The number of rotatable bonds is 8. The van der Waals surface area contributed by atoms with Crippen LogP contribution in [0.2, 0.25) is 0 Å². The van der Waals surface area contributed by atoms with Crippen LogP contribution in [-0.4, -0.2) is 80.4 Å². The molecule has 3 aromatic rings. The molecule has 0 radical (unpaired) electrons. The van der Waals surface area contributed by atoms with E-state index in [1.165, 1.54) is 5.69 Å². The molecule has 0 aliphatic carbocycles. The van der Waals surface area contributed by atoms with Gasteiger partial charge in [-0.2, -0.15) is 0 Å². The zero-order chi connectivity index (χ0) is 26.3. The van der Waals surface area contributed by atoms with E-state index >= 15 is 0 Å². The molecular formula is C29H35N5O3S. The Labute approximate surface area is 229 Å². The molecule has 2 saturated heterocycles. The standard InChI is InChI=1S/C29H35N5O3S/c1-3-24-20-27(33-14-12-32(13-15-33)25-8-10-26(36-2)11-9-25)31-29(30-24)38-21-22-4-6-23(7-5-22)28(35)34-16-18-37-19-17-34/h4-11,20H,3,12-19,21H2,1-2H3. The van der Waals surface area contributed by atoms with Crippen molar-refractivity contribution < 1.29 is 14.3 Å². The summed E-state index contributed by atoms with van der Waals surface area (Å²) in [4.78, 5) is 29.0. The Morgan fingerprint density at radius 2 is 1.61 bits per heavy atom. The topological polar surface area (TPSA) is 71.0 Å². The molecule has 0 atom stereocenters. The summed E-state index contributed by atoms with van der Waals surface area (Å²) in [6, 6.07) is 18.3. The van der Waals surface area contributed by atoms with Gasteiger partial charge in [0.1, 0.15) is 11.6 Å². The smallest absolute Gasteiger partial charge is 0.254 e. The normalized spacial score (nSPS) is 16.0. The number of thioether (sulfide) groups is 1. The van der Waals surface area contributed by atoms with Crippen molar-refractivity contribution in [1.29, 1.82) is 0 Å². The van der Waals surface area contributed by atoms with Crippen LogP contribution in [0, 0.1) is 0 Å². The third kappa shape index (κ3) is 6.39. The fourth-order valence-electron chi connectivity index (χ4n) is 4.69. The first-order valence-corrected chi connectivity index (χ1v) is 14.2. The van der Waals surface area contributed by atoms with Gasteiger partial charge in [-0.25, -0.2) is 9.97 Å². The highest BCUT2D eigenvalue weighted by molar-refractivity contribution is 7.98. The maximum Gasteiger partial charge on any atom is 0.254 e. The summed E-state index contributed by atoms with van der Waals surface area (Å²) in [7, 11) is 1.69. The van der Waals surface area contributed by atoms with Gasteiger partial charge in [0.25, 0.3) is 5.91 Å². The Hall–Kier alpha value is -3.30. The number of amides is 1. The highest BCUT2D eigenvalue weighted by Gasteiger charge is 2.21. The average molecular weight is 534 g/mol. The van der Waals surface area contributed by atoms with E-state index in [2.05, 4.69) is 34.9 Å². The fourth-order valence-corrected chi connectivity index (χ4v) is 5.52. The molecule has 1 amide bonds. The number of morpholine rings is 1. The minimum Gasteiger partial charge on any atom is -0.497 e. The highest BCUT2D eigenvalue weighted by Crippen LogP contribution is 2.26. The zero-order valence-electron chi connectivity index (χ0n) is 22.1. The van der Waals surface area contributed by atoms with Crippen molar-refractivity contribution in [3.8, 4) is 5.75 Å². The van der Waals surface area contributed by atoms with Crippen molar-refractivity contribution in [3.05, 3.63) is 71.4 Å². The molecule has 0 unspecified atom stereocenters. The molecule has 200 valence electrons. The molecule has 2 aliphatic rings. The number of hydrogen-bond acceptors (Lipinski definition) is 8. The number of ether oxygens (including phenoxy) is 2. The molecule has 3 heterocycles. The summed E-state index contributed by atoms with van der Waals surface area (Å²) in [5.41, 5.74) is 4.15. The van der Waals surface area contributed by atoms with Gasteiger partial charge in [0.05, 0.1) is 20.3 Å². The van der Waals surface area contributed by atoms with Crippen LogP contribution in [-0.2, 0) is 16.9 Å². The summed E-state index contributed by atoms with van der Waals surface area (Å²) in [5, 5.41) is 0.797. The number of aromatic nitrogens is 2. The molecule has 0 bridgehead atoms. The van der Waals surface area contributed by atoms with Gasteiger partial charge in [0.2, 0.25) is 0 Å². The average Bonchev–Trinajstić information content (AvgIpc) is 3.00. The number of piperazine rings is 1. The largest absolute Gasteiger partial charge is 0.497 e. The van der Waals surface area contributed by atoms with Crippen LogP contribution in [0.15, 0.2) is 59.8 Å². The van der Waals surface area contributed by atoms with Crippen molar-refractivity contribution in [2.75, 3.05) is 69.4 Å². The number of aryl methyl sites for hydroxylation is 1. The van der Waals surface area contributed by atoms with Crippen molar-refractivity contribution in [2.45, 2.75) is 24.3 Å². The van der Waals surface area contributed by atoms with E-state index in [1.54, 1.807) is 18.9 Å². The van der Waals surface area contributed by atoms with Gasteiger partial charge in [-0.05, 0) is 48.4 Å². The summed E-state index contributed by atoms with van der Waals surface area (Å²) >= 11 is 1.64. The Balaban J connectivity index is 1.19. The van der Waals surface area contributed by atoms with Gasteiger partial charge in [-0.15, -0.1) is 0 Å². The maximum atomic E-state index is 12.7. The predicted molar refractivity (Wildman–Crippen MR) is 152 cm³/mol. The minimum atomic E-state index is 0.0724. The molecule has 8 nitrogen and oxygen atoms in total. The number of hydrogen-bond donors (Lipinski definition) is 0. The van der Waals surface area contributed by atoms with Gasteiger partial charge in [0, 0.05) is 68.0 Å². The van der Waals surface area contributed by atoms with Gasteiger partial charge in [0.15, 0.2) is 5.16 Å². The molecular weight excluding hydrogens is 498 g/mol. The summed E-state index contributed by atoms with van der Waals surface area (Å²) in [5.74, 6) is 2.70. The minimum absolute atomic E-state index is 0.0724. The SMILES string of the molecule is CCc1cc(N2CCN(c3ccc(OC)cc3)CC2)nc(SCc2ccc(C(=O)N3CCOCC3)cc2)n1. The zero-order valence-corrected chi connectivity index (χ0v) is 23.0. The summed E-state index contributed by atoms with van der Waals surface area (Å²) in [6.45, 7) is 8.36. The number of nitrogens with zero attached hydrogens (tertiary/aromatic N) is 5. The first kappa shape index (κ1) is 26.3. The molecule has 38 heavy (non-hydrogen) atoms. The number of methoxy groups -OCH3 is 1. The Kier molecular flexibility index (Phi) is 8.65. The van der Waals surface area contributed by atoms with E-state index in [4.69, 9.17) is 19.4 Å². The quantitative estimate of drug-likeness (QED) is 0.316. The van der Waals surface area contributed by atoms with E-state index in [0.29, 0.717) is 26.3 Å². The van der Waals surface area contributed by atoms with Gasteiger partial charge in [-0.3, -0.25) is 4.79 Å². The number of benzene rings is 2. The van der Waals surface area contributed by atoms with E-state index < -0.39 is 0 Å².